The summed E-state index contributed by atoms with van der Waals surface area (Å²) in [6, 6.07) is 13.3. The Morgan fingerprint density at radius 2 is 1.97 bits per heavy atom. The topological polar surface area (TPSA) is 73.6 Å². The summed E-state index contributed by atoms with van der Waals surface area (Å²) in [6.45, 7) is 5.36. The number of quaternary nitrogens is 1. The Hall–Kier alpha value is -3.06. The first-order chi connectivity index (χ1) is 14.6. The number of para-hydroxylation sites is 2. The molecule has 2 aliphatic rings. The Kier molecular flexibility index (Phi) is 6.18. The number of hydrogen-bond donors (Lipinski definition) is 2. The molecule has 0 spiro atoms. The van der Waals surface area contributed by atoms with Crippen LogP contribution in [0.3, 0.4) is 0 Å². The van der Waals surface area contributed by atoms with Gasteiger partial charge in [0.15, 0.2) is 11.5 Å². The number of benzene rings is 2. The van der Waals surface area contributed by atoms with Gasteiger partial charge in [-0.05, 0) is 42.8 Å². The molecular formula is C23H28N3O4+. The van der Waals surface area contributed by atoms with E-state index in [-0.39, 0.29) is 12.5 Å². The second-order valence-corrected chi connectivity index (χ2v) is 7.70. The summed E-state index contributed by atoms with van der Waals surface area (Å²) in [5.41, 5.74) is 5.45. The minimum absolute atomic E-state index is 0.155. The van der Waals surface area contributed by atoms with E-state index >= 15 is 0 Å². The fraction of sp³-hybridized carbons (Fsp3) is 0.391. The molecule has 2 N–H and O–H groups in total. The van der Waals surface area contributed by atoms with E-state index in [4.69, 9.17) is 14.2 Å². The van der Waals surface area contributed by atoms with Gasteiger partial charge in [-0.15, -0.1) is 0 Å². The van der Waals surface area contributed by atoms with Crippen LogP contribution in [-0.4, -0.2) is 44.5 Å². The van der Waals surface area contributed by atoms with E-state index in [0.29, 0.717) is 11.5 Å². The number of likely N-dealkylation sites (tertiary alicyclic amines) is 1. The zero-order chi connectivity index (χ0) is 20.9. The van der Waals surface area contributed by atoms with Gasteiger partial charge in [0.2, 0.25) is 6.10 Å². The Bertz CT molecular complexity index is 938. The molecule has 2 aromatic rings. The van der Waals surface area contributed by atoms with Crippen molar-refractivity contribution in [3.63, 3.8) is 0 Å². The van der Waals surface area contributed by atoms with Crippen LogP contribution in [0.5, 0.6) is 17.2 Å². The zero-order valence-corrected chi connectivity index (χ0v) is 17.4. The number of hydrogen-bond acceptors (Lipinski definition) is 5. The van der Waals surface area contributed by atoms with Gasteiger partial charge in [0.25, 0.3) is 5.91 Å². The standard InChI is InChI=1S/C23H27N3O4/c1-16(17-9-10-19(28-2)18(13-17)14-26-11-5-6-12-26)24-25-23(27)22-15-29-20-7-3-4-8-21(20)30-22/h3-4,7-10,13,22H,5-6,11-12,14-15H2,1-2H3,(H,25,27)/p+1/b24-16-/t22-/m0/s1. The molecule has 158 valence electrons. The molecule has 7 nitrogen and oxygen atoms in total. The fourth-order valence-electron chi connectivity index (χ4n) is 3.89. The molecule has 0 aromatic heterocycles. The summed E-state index contributed by atoms with van der Waals surface area (Å²) < 4.78 is 16.9. The number of ether oxygens (including phenoxy) is 3. The maximum Gasteiger partial charge on any atom is 0.284 e. The van der Waals surface area contributed by atoms with Crippen molar-refractivity contribution in [2.45, 2.75) is 32.4 Å². The molecule has 1 atom stereocenters. The monoisotopic (exact) mass is 410 g/mol. The Balaban J connectivity index is 1.42. The largest absolute Gasteiger partial charge is 0.496 e. The van der Waals surface area contributed by atoms with Crippen LogP contribution in [0.4, 0.5) is 0 Å². The number of nitrogens with one attached hydrogen (secondary N) is 2. The van der Waals surface area contributed by atoms with Crippen LogP contribution < -0.4 is 24.5 Å². The van der Waals surface area contributed by atoms with Gasteiger partial charge in [-0.2, -0.15) is 5.10 Å². The summed E-state index contributed by atoms with van der Waals surface area (Å²) in [5, 5.41) is 4.29. The van der Waals surface area contributed by atoms with Crippen molar-refractivity contribution in [3.05, 3.63) is 53.6 Å². The van der Waals surface area contributed by atoms with Crippen molar-refractivity contribution in [3.8, 4) is 17.2 Å². The van der Waals surface area contributed by atoms with E-state index in [2.05, 4.69) is 16.6 Å². The van der Waals surface area contributed by atoms with Crippen molar-refractivity contribution < 1.29 is 23.9 Å². The van der Waals surface area contributed by atoms with Gasteiger partial charge >= 0.3 is 0 Å². The van der Waals surface area contributed by atoms with Gasteiger partial charge in [0.1, 0.15) is 18.9 Å². The number of nitrogens with zero attached hydrogens (tertiary/aromatic N) is 1. The van der Waals surface area contributed by atoms with Crippen molar-refractivity contribution >= 4 is 11.6 Å². The number of amides is 1. The van der Waals surface area contributed by atoms with Crippen LogP contribution >= 0.6 is 0 Å². The first-order valence-corrected chi connectivity index (χ1v) is 10.4. The molecule has 0 radical (unpaired) electrons. The molecule has 2 heterocycles. The van der Waals surface area contributed by atoms with Gasteiger partial charge in [-0.1, -0.05) is 12.1 Å². The maximum atomic E-state index is 12.5. The minimum atomic E-state index is -0.735. The second kappa shape index (κ2) is 9.17. The van der Waals surface area contributed by atoms with Gasteiger partial charge in [-0.25, -0.2) is 5.43 Å². The van der Waals surface area contributed by atoms with Gasteiger partial charge < -0.3 is 19.1 Å². The SMILES string of the molecule is COc1ccc(/C(C)=N\NC(=O)[C@@H]2COc3ccccc3O2)cc1C[NH+]1CCCC1. The normalized spacial score (nSPS) is 18.9. The summed E-state index contributed by atoms with van der Waals surface area (Å²) in [7, 11) is 1.70. The Morgan fingerprint density at radius 3 is 2.73 bits per heavy atom. The predicted octanol–water partition coefficient (Wildman–Crippen LogP) is 1.55. The molecule has 7 heteroatoms. The molecule has 0 bridgehead atoms. The first kappa shape index (κ1) is 20.2. The summed E-state index contributed by atoms with van der Waals surface area (Å²) in [4.78, 5) is 14.1. The molecular weight excluding hydrogens is 382 g/mol. The van der Waals surface area contributed by atoms with E-state index in [1.807, 2.05) is 37.3 Å². The van der Waals surface area contributed by atoms with Crippen molar-refractivity contribution in [1.29, 1.82) is 0 Å². The second-order valence-electron chi connectivity index (χ2n) is 7.70. The first-order valence-electron chi connectivity index (χ1n) is 10.4. The quantitative estimate of drug-likeness (QED) is 0.560. The molecule has 0 aliphatic carbocycles. The Labute approximate surface area is 176 Å². The molecule has 2 aliphatic heterocycles. The minimum Gasteiger partial charge on any atom is -0.496 e. The number of carbonyl (C=O) groups is 1. The van der Waals surface area contributed by atoms with Crippen LogP contribution in [0.25, 0.3) is 0 Å². The number of hydrazone groups is 1. The highest BCUT2D eigenvalue weighted by Crippen LogP contribution is 2.30. The maximum absolute atomic E-state index is 12.5. The Morgan fingerprint density at radius 1 is 1.20 bits per heavy atom. The third-order valence-corrected chi connectivity index (χ3v) is 5.58. The highest BCUT2D eigenvalue weighted by atomic mass is 16.6. The van der Waals surface area contributed by atoms with Crippen molar-refractivity contribution in [2.75, 3.05) is 26.8 Å². The van der Waals surface area contributed by atoms with Crippen molar-refractivity contribution in [2.24, 2.45) is 5.10 Å². The van der Waals surface area contributed by atoms with Gasteiger partial charge in [0, 0.05) is 18.4 Å². The number of methoxy groups -OCH3 is 1. The fourth-order valence-corrected chi connectivity index (χ4v) is 3.89. The molecule has 1 fully saturated rings. The molecule has 0 unspecified atom stereocenters. The summed E-state index contributed by atoms with van der Waals surface area (Å²) >= 11 is 0. The molecule has 2 aromatic carbocycles. The van der Waals surface area contributed by atoms with E-state index in [0.717, 1.165) is 29.1 Å². The summed E-state index contributed by atoms with van der Waals surface area (Å²) in [6.07, 6.45) is 1.82. The molecule has 1 amide bonds. The third-order valence-electron chi connectivity index (χ3n) is 5.58. The van der Waals surface area contributed by atoms with E-state index in [1.54, 1.807) is 18.1 Å². The average molecular weight is 410 g/mol. The lowest BCUT2D eigenvalue weighted by atomic mass is 10.1. The van der Waals surface area contributed by atoms with Crippen LogP contribution in [-0.2, 0) is 11.3 Å². The van der Waals surface area contributed by atoms with E-state index in [1.165, 1.54) is 25.9 Å². The lowest BCUT2D eigenvalue weighted by molar-refractivity contribution is -0.901. The van der Waals surface area contributed by atoms with E-state index in [9.17, 15) is 4.79 Å². The van der Waals surface area contributed by atoms with Gasteiger partial charge in [0.05, 0.1) is 25.9 Å². The van der Waals surface area contributed by atoms with Crippen LogP contribution in [0.2, 0.25) is 0 Å². The lowest BCUT2D eigenvalue weighted by Crippen LogP contribution is -3.08. The van der Waals surface area contributed by atoms with Crippen LogP contribution in [0, 0.1) is 0 Å². The predicted molar refractivity (Wildman–Crippen MR) is 113 cm³/mol. The highest BCUT2D eigenvalue weighted by Gasteiger charge is 2.27. The highest BCUT2D eigenvalue weighted by molar-refractivity contribution is 5.99. The number of fused-ring (bicyclic) bond motifs is 1. The van der Waals surface area contributed by atoms with Crippen LogP contribution in [0.1, 0.15) is 30.9 Å². The average Bonchev–Trinajstić information content (AvgIpc) is 3.30. The van der Waals surface area contributed by atoms with Crippen molar-refractivity contribution in [1.82, 2.24) is 5.43 Å². The lowest BCUT2D eigenvalue weighted by Gasteiger charge is -2.24. The smallest absolute Gasteiger partial charge is 0.284 e. The number of carbonyl (C=O) groups excluding carboxylic acids is 1. The van der Waals surface area contributed by atoms with Gasteiger partial charge in [-0.3, -0.25) is 4.79 Å². The molecule has 0 saturated carbocycles. The summed E-state index contributed by atoms with van der Waals surface area (Å²) in [5.74, 6) is 1.77. The molecule has 1 saturated heterocycles. The van der Waals surface area contributed by atoms with E-state index < -0.39 is 6.10 Å². The zero-order valence-electron chi connectivity index (χ0n) is 17.4. The molecule has 30 heavy (non-hydrogen) atoms. The van der Waals surface area contributed by atoms with Crippen LogP contribution in [0.15, 0.2) is 47.6 Å². The molecule has 4 rings (SSSR count). The third kappa shape index (κ3) is 4.57. The number of rotatable bonds is 6.